The SMILES string of the molecule is CCCNCc1ccc(-c2ccc3ncccc3c2)cc1. The Morgan fingerprint density at radius 2 is 1.76 bits per heavy atom. The molecule has 21 heavy (non-hydrogen) atoms. The van der Waals surface area contributed by atoms with Gasteiger partial charge in [0.1, 0.15) is 0 Å². The Kier molecular flexibility index (Phi) is 4.27. The molecule has 1 N–H and O–H groups in total. The minimum atomic E-state index is 0.940. The van der Waals surface area contributed by atoms with Gasteiger partial charge in [0.15, 0.2) is 0 Å². The van der Waals surface area contributed by atoms with Gasteiger partial charge >= 0.3 is 0 Å². The Morgan fingerprint density at radius 1 is 0.952 bits per heavy atom. The molecule has 0 atom stereocenters. The fourth-order valence-corrected chi connectivity index (χ4v) is 2.48. The van der Waals surface area contributed by atoms with Crippen LogP contribution in [0.2, 0.25) is 0 Å². The zero-order valence-corrected chi connectivity index (χ0v) is 12.3. The van der Waals surface area contributed by atoms with E-state index >= 15 is 0 Å². The molecule has 2 aromatic carbocycles. The summed E-state index contributed by atoms with van der Waals surface area (Å²) in [5.41, 5.74) is 4.86. The molecule has 0 aliphatic rings. The van der Waals surface area contributed by atoms with E-state index in [2.05, 4.69) is 65.8 Å². The molecule has 0 fully saturated rings. The average molecular weight is 276 g/mol. The van der Waals surface area contributed by atoms with E-state index < -0.39 is 0 Å². The predicted molar refractivity (Wildman–Crippen MR) is 89.2 cm³/mol. The molecule has 2 nitrogen and oxygen atoms in total. The van der Waals surface area contributed by atoms with Gasteiger partial charge in [-0.05, 0) is 47.9 Å². The van der Waals surface area contributed by atoms with E-state index in [1.807, 2.05) is 12.3 Å². The summed E-state index contributed by atoms with van der Waals surface area (Å²) in [5.74, 6) is 0. The van der Waals surface area contributed by atoms with E-state index in [-0.39, 0.29) is 0 Å². The van der Waals surface area contributed by atoms with Crippen LogP contribution in [0.15, 0.2) is 60.8 Å². The second kappa shape index (κ2) is 6.51. The van der Waals surface area contributed by atoms with E-state index in [1.54, 1.807) is 0 Å². The Morgan fingerprint density at radius 3 is 2.57 bits per heavy atom. The molecule has 0 bridgehead atoms. The monoisotopic (exact) mass is 276 g/mol. The average Bonchev–Trinajstić information content (AvgIpc) is 2.55. The Bertz CT molecular complexity index is 717. The first-order valence-corrected chi connectivity index (χ1v) is 7.51. The summed E-state index contributed by atoms with van der Waals surface area (Å²) in [6, 6.07) is 19.3. The number of nitrogens with zero attached hydrogens (tertiary/aromatic N) is 1. The van der Waals surface area contributed by atoms with Crippen LogP contribution in [0, 0.1) is 0 Å². The summed E-state index contributed by atoms with van der Waals surface area (Å²) < 4.78 is 0. The first kappa shape index (κ1) is 13.8. The van der Waals surface area contributed by atoms with Crippen LogP contribution < -0.4 is 5.32 Å². The van der Waals surface area contributed by atoms with Gasteiger partial charge in [-0.15, -0.1) is 0 Å². The smallest absolute Gasteiger partial charge is 0.0702 e. The number of hydrogen-bond donors (Lipinski definition) is 1. The minimum absolute atomic E-state index is 0.940. The molecule has 0 saturated carbocycles. The van der Waals surface area contributed by atoms with Gasteiger partial charge in [0.25, 0.3) is 0 Å². The maximum atomic E-state index is 4.36. The van der Waals surface area contributed by atoms with Gasteiger partial charge in [-0.3, -0.25) is 4.98 Å². The van der Waals surface area contributed by atoms with Crippen molar-refractivity contribution in [3.05, 3.63) is 66.4 Å². The molecule has 0 unspecified atom stereocenters. The first-order valence-electron chi connectivity index (χ1n) is 7.51. The summed E-state index contributed by atoms with van der Waals surface area (Å²) >= 11 is 0. The van der Waals surface area contributed by atoms with Crippen molar-refractivity contribution in [2.24, 2.45) is 0 Å². The minimum Gasteiger partial charge on any atom is -0.313 e. The van der Waals surface area contributed by atoms with Crippen molar-refractivity contribution in [1.29, 1.82) is 0 Å². The summed E-state index contributed by atoms with van der Waals surface area (Å²) in [6.45, 7) is 4.19. The highest BCUT2D eigenvalue weighted by Crippen LogP contribution is 2.23. The lowest BCUT2D eigenvalue weighted by Gasteiger charge is -2.06. The van der Waals surface area contributed by atoms with E-state index in [4.69, 9.17) is 0 Å². The molecule has 2 heteroatoms. The Labute approximate surface area is 125 Å². The van der Waals surface area contributed by atoms with Gasteiger partial charge < -0.3 is 5.32 Å². The number of fused-ring (bicyclic) bond motifs is 1. The molecular weight excluding hydrogens is 256 g/mol. The van der Waals surface area contributed by atoms with Gasteiger partial charge in [-0.25, -0.2) is 0 Å². The van der Waals surface area contributed by atoms with Gasteiger partial charge in [0, 0.05) is 18.1 Å². The number of benzene rings is 2. The Hall–Kier alpha value is -2.19. The number of hydrogen-bond acceptors (Lipinski definition) is 2. The van der Waals surface area contributed by atoms with E-state index in [0.29, 0.717) is 0 Å². The van der Waals surface area contributed by atoms with Crippen LogP contribution in [-0.2, 0) is 6.54 Å². The molecule has 3 aromatic rings. The molecule has 1 aromatic heterocycles. The molecule has 0 aliphatic heterocycles. The maximum absolute atomic E-state index is 4.36. The third-order valence-corrected chi connectivity index (χ3v) is 3.65. The fraction of sp³-hybridized carbons (Fsp3) is 0.211. The zero-order valence-electron chi connectivity index (χ0n) is 12.3. The molecule has 0 radical (unpaired) electrons. The van der Waals surface area contributed by atoms with Gasteiger partial charge in [-0.1, -0.05) is 43.3 Å². The van der Waals surface area contributed by atoms with Crippen molar-refractivity contribution >= 4 is 10.9 Å². The molecular formula is C19H20N2. The third kappa shape index (κ3) is 3.29. The van der Waals surface area contributed by atoms with Crippen molar-refractivity contribution in [1.82, 2.24) is 10.3 Å². The van der Waals surface area contributed by atoms with Crippen LogP contribution >= 0.6 is 0 Å². The van der Waals surface area contributed by atoms with Gasteiger partial charge in [0.2, 0.25) is 0 Å². The molecule has 0 spiro atoms. The van der Waals surface area contributed by atoms with Gasteiger partial charge in [0.05, 0.1) is 5.52 Å². The van der Waals surface area contributed by atoms with E-state index in [9.17, 15) is 0 Å². The Balaban J connectivity index is 1.81. The zero-order chi connectivity index (χ0) is 14.5. The molecule has 0 saturated heterocycles. The molecule has 0 amide bonds. The second-order valence-electron chi connectivity index (χ2n) is 5.28. The summed E-state index contributed by atoms with van der Waals surface area (Å²) in [7, 11) is 0. The first-order chi connectivity index (χ1) is 10.4. The van der Waals surface area contributed by atoms with Crippen LogP contribution in [-0.4, -0.2) is 11.5 Å². The normalized spacial score (nSPS) is 10.9. The summed E-state index contributed by atoms with van der Waals surface area (Å²) in [6.07, 6.45) is 3.00. The maximum Gasteiger partial charge on any atom is 0.0702 e. The van der Waals surface area contributed by atoms with Crippen LogP contribution in [0.25, 0.3) is 22.0 Å². The number of pyridine rings is 1. The van der Waals surface area contributed by atoms with Crippen LogP contribution in [0.3, 0.4) is 0 Å². The highest BCUT2D eigenvalue weighted by atomic mass is 14.8. The van der Waals surface area contributed by atoms with Crippen molar-refractivity contribution in [3.8, 4) is 11.1 Å². The number of rotatable bonds is 5. The third-order valence-electron chi connectivity index (χ3n) is 3.65. The van der Waals surface area contributed by atoms with Crippen LogP contribution in [0.5, 0.6) is 0 Å². The quantitative estimate of drug-likeness (QED) is 0.699. The molecule has 0 aliphatic carbocycles. The van der Waals surface area contributed by atoms with Crippen LogP contribution in [0.1, 0.15) is 18.9 Å². The van der Waals surface area contributed by atoms with E-state index in [0.717, 1.165) is 18.6 Å². The van der Waals surface area contributed by atoms with Crippen LogP contribution in [0.4, 0.5) is 0 Å². The molecule has 3 rings (SSSR count). The summed E-state index contributed by atoms with van der Waals surface area (Å²) in [4.78, 5) is 4.36. The van der Waals surface area contributed by atoms with Crippen molar-refractivity contribution in [2.75, 3.05) is 6.54 Å². The fourth-order valence-electron chi connectivity index (χ4n) is 2.48. The highest BCUT2D eigenvalue weighted by molar-refractivity contribution is 5.84. The molecule has 1 heterocycles. The predicted octanol–water partition coefficient (Wildman–Crippen LogP) is 4.40. The van der Waals surface area contributed by atoms with Crippen molar-refractivity contribution in [3.63, 3.8) is 0 Å². The second-order valence-corrected chi connectivity index (χ2v) is 5.28. The van der Waals surface area contributed by atoms with Crippen molar-refractivity contribution < 1.29 is 0 Å². The number of nitrogens with one attached hydrogen (secondary N) is 1. The molecule has 106 valence electrons. The highest BCUT2D eigenvalue weighted by Gasteiger charge is 2.00. The number of aromatic nitrogens is 1. The lowest BCUT2D eigenvalue weighted by molar-refractivity contribution is 0.675. The standard InChI is InChI=1S/C19H20N2/c1-2-11-20-14-15-5-7-16(8-6-15)17-9-10-19-18(13-17)4-3-12-21-19/h3-10,12-13,20H,2,11,14H2,1H3. The van der Waals surface area contributed by atoms with E-state index in [1.165, 1.54) is 28.5 Å². The largest absolute Gasteiger partial charge is 0.313 e. The lowest BCUT2D eigenvalue weighted by atomic mass is 10.0. The van der Waals surface area contributed by atoms with Crippen molar-refractivity contribution in [2.45, 2.75) is 19.9 Å². The lowest BCUT2D eigenvalue weighted by Crippen LogP contribution is -2.13. The topological polar surface area (TPSA) is 24.9 Å². The van der Waals surface area contributed by atoms with Gasteiger partial charge in [-0.2, -0.15) is 0 Å². The summed E-state index contributed by atoms with van der Waals surface area (Å²) in [5, 5.41) is 4.61.